The summed E-state index contributed by atoms with van der Waals surface area (Å²) in [5.74, 6) is -0.223. The maximum Gasteiger partial charge on any atom is 0.314 e. The maximum atomic E-state index is 11.0. The predicted octanol–water partition coefficient (Wildman–Crippen LogP) is 1.54. The molecule has 1 aromatic rings. The highest BCUT2D eigenvalue weighted by Crippen LogP contribution is 2.30. The molecule has 74 valence electrons. The van der Waals surface area contributed by atoms with Crippen LogP contribution in [0.2, 0.25) is 0 Å². The van der Waals surface area contributed by atoms with Crippen LogP contribution in [-0.4, -0.2) is 11.9 Å². The lowest BCUT2D eigenvalue weighted by molar-refractivity contribution is -0.163. The molecule has 0 aliphatic carbocycles. The second-order valence-electron chi connectivity index (χ2n) is 3.38. The van der Waals surface area contributed by atoms with Gasteiger partial charge in [-0.1, -0.05) is 0 Å². The Morgan fingerprint density at radius 3 is 2.43 bits per heavy atom. The Balaban J connectivity index is 2.23. The fourth-order valence-corrected chi connectivity index (χ4v) is 1.72. The highest BCUT2D eigenvalue weighted by molar-refractivity contribution is 5.89. The van der Waals surface area contributed by atoms with E-state index < -0.39 is 11.9 Å². The number of hydrogen-bond donors (Lipinski definition) is 0. The van der Waals surface area contributed by atoms with Gasteiger partial charge in [0.05, 0.1) is 19.1 Å². The minimum Gasteiger partial charge on any atom is -0.469 e. The van der Waals surface area contributed by atoms with Gasteiger partial charge >= 0.3 is 11.9 Å². The van der Waals surface area contributed by atoms with Gasteiger partial charge in [-0.2, -0.15) is 0 Å². The smallest absolute Gasteiger partial charge is 0.314 e. The first-order valence-electron chi connectivity index (χ1n) is 4.44. The normalized spacial score (nSPS) is 18.4. The first kappa shape index (κ1) is 8.99. The van der Waals surface area contributed by atoms with Crippen LogP contribution >= 0.6 is 0 Å². The SMILES string of the molecule is Cc1occc1C1CC(=O)OC(=O)C1. The van der Waals surface area contributed by atoms with Crippen molar-refractivity contribution in [2.45, 2.75) is 25.7 Å². The highest BCUT2D eigenvalue weighted by Gasteiger charge is 2.29. The molecule has 1 aromatic heterocycles. The fourth-order valence-electron chi connectivity index (χ4n) is 1.72. The molecule has 0 atom stereocenters. The van der Waals surface area contributed by atoms with Gasteiger partial charge in [-0.3, -0.25) is 9.59 Å². The molecule has 0 N–H and O–H groups in total. The number of carbonyl (C=O) groups is 2. The zero-order valence-corrected chi connectivity index (χ0v) is 7.78. The van der Waals surface area contributed by atoms with Gasteiger partial charge in [0.15, 0.2) is 0 Å². The lowest BCUT2D eigenvalue weighted by Gasteiger charge is -2.18. The number of esters is 2. The van der Waals surface area contributed by atoms with Crippen LogP contribution in [0.4, 0.5) is 0 Å². The number of furan rings is 1. The summed E-state index contributed by atoms with van der Waals surface area (Å²) < 4.78 is 9.57. The molecule has 4 heteroatoms. The molecule has 0 radical (unpaired) electrons. The van der Waals surface area contributed by atoms with E-state index in [0.717, 1.165) is 11.3 Å². The molecule has 0 bridgehead atoms. The van der Waals surface area contributed by atoms with Crippen molar-refractivity contribution >= 4 is 11.9 Å². The first-order chi connectivity index (χ1) is 6.66. The molecule has 0 amide bonds. The zero-order chi connectivity index (χ0) is 10.1. The number of aryl methyl sites for hydroxylation is 1. The maximum absolute atomic E-state index is 11.0. The lowest BCUT2D eigenvalue weighted by atomic mass is 9.91. The number of carbonyl (C=O) groups excluding carboxylic acids is 2. The molecule has 1 aliphatic heterocycles. The second kappa shape index (κ2) is 3.29. The van der Waals surface area contributed by atoms with E-state index in [2.05, 4.69) is 4.74 Å². The summed E-state index contributed by atoms with van der Waals surface area (Å²) in [4.78, 5) is 22.0. The monoisotopic (exact) mass is 194 g/mol. The molecule has 4 nitrogen and oxygen atoms in total. The Morgan fingerprint density at radius 1 is 1.29 bits per heavy atom. The van der Waals surface area contributed by atoms with Crippen molar-refractivity contribution in [2.24, 2.45) is 0 Å². The minimum absolute atomic E-state index is 0.0810. The summed E-state index contributed by atoms with van der Waals surface area (Å²) in [6.07, 6.45) is 2.08. The van der Waals surface area contributed by atoms with E-state index in [-0.39, 0.29) is 18.8 Å². The van der Waals surface area contributed by atoms with Crippen molar-refractivity contribution < 1.29 is 18.7 Å². The van der Waals surface area contributed by atoms with E-state index in [9.17, 15) is 9.59 Å². The topological polar surface area (TPSA) is 56.5 Å². The molecular weight excluding hydrogens is 184 g/mol. The third-order valence-corrected chi connectivity index (χ3v) is 2.39. The van der Waals surface area contributed by atoms with Crippen molar-refractivity contribution in [2.75, 3.05) is 0 Å². The summed E-state index contributed by atoms with van der Waals surface area (Å²) >= 11 is 0. The molecule has 14 heavy (non-hydrogen) atoms. The molecule has 1 fully saturated rings. The first-order valence-corrected chi connectivity index (χ1v) is 4.44. The molecule has 0 unspecified atom stereocenters. The highest BCUT2D eigenvalue weighted by atomic mass is 16.6. The van der Waals surface area contributed by atoms with Crippen molar-refractivity contribution in [3.63, 3.8) is 0 Å². The van der Waals surface area contributed by atoms with E-state index in [1.165, 1.54) is 0 Å². The van der Waals surface area contributed by atoms with Gasteiger partial charge in [0.25, 0.3) is 0 Å². The van der Waals surface area contributed by atoms with Crippen LogP contribution in [0.5, 0.6) is 0 Å². The Labute approximate surface area is 80.8 Å². The molecule has 0 aromatic carbocycles. The minimum atomic E-state index is -0.452. The second-order valence-corrected chi connectivity index (χ2v) is 3.38. The van der Waals surface area contributed by atoms with Gasteiger partial charge in [-0.25, -0.2) is 0 Å². The van der Waals surface area contributed by atoms with E-state index >= 15 is 0 Å². The van der Waals surface area contributed by atoms with Crippen molar-refractivity contribution in [3.8, 4) is 0 Å². The zero-order valence-electron chi connectivity index (χ0n) is 7.78. The van der Waals surface area contributed by atoms with E-state index in [4.69, 9.17) is 4.42 Å². The molecule has 0 spiro atoms. The van der Waals surface area contributed by atoms with Crippen LogP contribution in [0, 0.1) is 6.92 Å². The molecular formula is C10H10O4. The number of ether oxygens (including phenoxy) is 1. The molecule has 1 saturated heterocycles. The Morgan fingerprint density at radius 2 is 1.93 bits per heavy atom. The van der Waals surface area contributed by atoms with Crippen molar-refractivity contribution in [1.29, 1.82) is 0 Å². The average Bonchev–Trinajstić information content (AvgIpc) is 2.49. The standard InChI is InChI=1S/C10H10O4/c1-6-8(2-3-13-6)7-4-9(11)14-10(12)5-7/h2-3,7H,4-5H2,1H3. The van der Waals surface area contributed by atoms with Gasteiger partial charge in [0, 0.05) is 5.92 Å². The predicted molar refractivity (Wildman–Crippen MR) is 46.5 cm³/mol. The number of cyclic esters (lactones) is 2. The van der Waals surface area contributed by atoms with Crippen LogP contribution in [-0.2, 0) is 14.3 Å². The third-order valence-electron chi connectivity index (χ3n) is 2.39. The summed E-state index contributed by atoms with van der Waals surface area (Å²) in [5, 5.41) is 0. The van der Waals surface area contributed by atoms with Gasteiger partial charge in [-0.05, 0) is 18.6 Å². The van der Waals surface area contributed by atoms with Gasteiger partial charge in [0.1, 0.15) is 5.76 Å². The lowest BCUT2D eigenvalue weighted by Crippen LogP contribution is -2.24. The summed E-state index contributed by atoms with van der Waals surface area (Å²) in [7, 11) is 0. The molecule has 2 rings (SSSR count). The average molecular weight is 194 g/mol. The van der Waals surface area contributed by atoms with Crippen LogP contribution in [0.3, 0.4) is 0 Å². The molecule has 1 aliphatic rings. The largest absolute Gasteiger partial charge is 0.469 e. The van der Waals surface area contributed by atoms with E-state index in [1.807, 2.05) is 6.92 Å². The van der Waals surface area contributed by atoms with Crippen LogP contribution in [0.25, 0.3) is 0 Å². The number of rotatable bonds is 1. The van der Waals surface area contributed by atoms with Crippen molar-refractivity contribution in [1.82, 2.24) is 0 Å². The van der Waals surface area contributed by atoms with E-state index in [1.54, 1.807) is 12.3 Å². The van der Waals surface area contributed by atoms with Gasteiger partial charge < -0.3 is 9.15 Å². The number of hydrogen-bond acceptors (Lipinski definition) is 4. The third kappa shape index (κ3) is 1.55. The van der Waals surface area contributed by atoms with Crippen LogP contribution in [0.15, 0.2) is 16.7 Å². The summed E-state index contributed by atoms with van der Waals surface area (Å²) in [6, 6.07) is 1.80. The van der Waals surface area contributed by atoms with Crippen LogP contribution < -0.4 is 0 Å². The summed E-state index contributed by atoms with van der Waals surface area (Å²) in [6.45, 7) is 1.82. The quantitative estimate of drug-likeness (QED) is 0.502. The van der Waals surface area contributed by atoms with Crippen molar-refractivity contribution in [3.05, 3.63) is 23.7 Å². The Bertz CT molecular complexity index is 361. The van der Waals surface area contributed by atoms with Gasteiger partial charge in [0.2, 0.25) is 0 Å². The van der Waals surface area contributed by atoms with Gasteiger partial charge in [-0.15, -0.1) is 0 Å². The molecule has 2 heterocycles. The van der Waals surface area contributed by atoms with Crippen LogP contribution in [0.1, 0.15) is 30.1 Å². The fraction of sp³-hybridized carbons (Fsp3) is 0.400. The summed E-state index contributed by atoms with van der Waals surface area (Å²) in [5.41, 5.74) is 0.926. The van der Waals surface area contributed by atoms with E-state index in [0.29, 0.717) is 0 Å². The Hall–Kier alpha value is -1.58. The Kier molecular flexibility index (Phi) is 2.11. The molecule has 0 saturated carbocycles.